The minimum Gasteiger partial charge on any atom is -0.464 e. The molecule has 0 spiro atoms. The van der Waals surface area contributed by atoms with Crippen molar-refractivity contribution in [2.24, 2.45) is 15.7 Å². The number of ether oxygens (including phenoxy) is 5. The van der Waals surface area contributed by atoms with E-state index in [4.69, 9.17) is 29.4 Å². The minimum absolute atomic E-state index is 0. The lowest BCUT2D eigenvalue weighted by Gasteiger charge is -2.28. The first-order valence-corrected chi connectivity index (χ1v) is 23.3. The van der Waals surface area contributed by atoms with Crippen LogP contribution in [-0.4, -0.2) is 125 Å². The van der Waals surface area contributed by atoms with Crippen LogP contribution in [-0.2, 0) is 78.1 Å². The van der Waals surface area contributed by atoms with E-state index in [9.17, 15) is 28.8 Å². The number of carbonyl (C=O) groups excluding carboxylic acids is 6. The van der Waals surface area contributed by atoms with Gasteiger partial charge in [-0.05, 0) is 94.8 Å². The third kappa shape index (κ3) is 12.7. The normalized spacial score (nSPS) is 20.0. The van der Waals surface area contributed by atoms with Gasteiger partial charge in [-0.25, -0.2) is 14.4 Å². The predicted molar refractivity (Wildman–Crippen MR) is 278 cm³/mol. The van der Waals surface area contributed by atoms with Gasteiger partial charge in [-0.2, -0.15) is 0 Å². The Morgan fingerprint density at radius 3 is 1.73 bits per heavy atom. The van der Waals surface area contributed by atoms with Gasteiger partial charge in [0.15, 0.2) is 6.29 Å². The summed E-state index contributed by atoms with van der Waals surface area (Å²) in [6.07, 6.45) is 6.05. The summed E-state index contributed by atoms with van der Waals surface area (Å²) < 4.78 is 26.5. The average Bonchev–Trinajstić information content (AvgIpc) is 4.01. The average molecular weight is 983 g/mol. The van der Waals surface area contributed by atoms with Crippen molar-refractivity contribution in [3.05, 3.63) is 94.6 Å². The van der Waals surface area contributed by atoms with Crippen molar-refractivity contribution in [1.29, 1.82) is 0 Å². The second kappa shape index (κ2) is 27.2. The van der Waals surface area contributed by atoms with Crippen LogP contribution < -0.4 is 20.4 Å². The molecule has 8 rings (SSSR count). The van der Waals surface area contributed by atoms with Crippen LogP contribution in [0.15, 0.2) is 76.7 Å². The molecule has 0 saturated carbocycles. The Balaban J connectivity index is 0.000000279. The number of hydrogen-bond donors (Lipinski definition) is 1. The first-order chi connectivity index (χ1) is 32.9. The standard InChI is InChI=1S/C20H28N2O5.C16H16N2O3.C15H18N2O3.3CH4/c1-5-25-18(26-6-2)13-15(21-4)19(23)22-16-11-9-8-10-14(16)12-17(22)20(24)27-7-3;1-3-21-16(20)13-9-11-6-4-5-10-7-8-12(17-2)15(19)18(13)14(10)11;1-2-20-15(19)12-8-10-5-3-4-9-6-7-11(16)14(18)17(12)13(9)10;;;/h8-11,15,17-18H,4-7,12-13H2,1-3H3;4-8,12-13H,2-3,9H2,1H3;3-5,11-12H,2,6-8,16H2,1H3;3*1H4. The Morgan fingerprint density at radius 1 is 0.662 bits per heavy atom. The van der Waals surface area contributed by atoms with Crippen molar-refractivity contribution >= 4 is 72.2 Å². The molecule has 0 radical (unpaired) electrons. The van der Waals surface area contributed by atoms with Gasteiger partial charge in [0.2, 0.25) is 5.91 Å². The molecular weight excluding hydrogens is 909 g/mol. The smallest absolute Gasteiger partial charge is 0.329 e. The van der Waals surface area contributed by atoms with Crippen LogP contribution in [0.4, 0.5) is 17.1 Å². The highest BCUT2D eigenvalue weighted by molar-refractivity contribution is 6.09. The molecular formula is C54H74N6O11. The van der Waals surface area contributed by atoms with Gasteiger partial charge in [0.1, 0.15) is 30.2 Å². The van der Waals surface area contributed by atoms with Crippen LogP contribution >= 0.6 is 0 Å². The quantitative estimate of drug-likeness (QED) is 0.0734. The van der Waals surface area contributed by atoms with Gasteiger partial charge >= 0.3 is 17.9 Å². The summed E-state index contributed by atoms with van der Waals surface area (Å²) in [5, 5.41) is 0. The zero-order valence-electron chi connectivity index (χ0n) is 39.5. The highest BCUT2D eigenvalue weighted by Crippen LogP contribution is 2.41. The van der Waals surface area contributed by atoms with E-state index in [-0.39, 0.29) is 65.0 Å². The summed E-state index contributed by atoms with van der Waals surface area (Å²) in [4.78, 5) is 87.6. The summed E-state index contributed by atoms with van der Waals surface area (Å²) in [5.41, 5.74) is 13.3. The molecule has 17 heteroatoms. The number of aliphatic imine (C=N–C) groups is 2. The summed E-state index contributed by atoms with van der Waals surface area (Å²) in [7, 11) is 0. The van der Waals surface area contributed by atoms with Crippen LogP contribution in [0.2, 0.25) is 0 Å². The van der Waals surface area contributed by atoms with E-state index in [2.05, 4.69) is 23.4 Å². The number of rotatable bonds is 15. The second-order valence-electron chi connectivity index (χ2n) is 16.4. The number of carbonyl (C=O) groups is 6. The molecule has 71 heavy (non-hydrogen) atoms. The van der Waals surface area contributed by atoms with Gasteiger partial charge in [0, 0.05) is 44.6 Å². The highest BCUT2D eigenvalue weighted by Gasteiger charge is 2.45. The molecule has 386 valence electrons. The molecule has 6 unspecified atom stereocenters. The molecule has 17 nitrogen and oxygen atoms in total. The van der Waals surface area contributed by atoms with E-state index in [1.165, 1.54) is 9.80 Å². The molecule has 0 fully saturated rings. The fraction of sp³-hybridized carbons (Fsp3) is 0.481. The number of fused-ring (bicyclic) bond motifs is 1. The van der Waals surface area contributed by atoms with E-state index < -0.39 is 48.5 Å². The van der Waals surface area contributed by atoms with Gasteiger partial charge in [-0.3, -0.25) is 39.1 Å². The largest absolute Gasteiger partial charge is 0.464 e. The van der Waals surface area contributed by atoms with E-state index >= 15 is 0 Å². The molecule has 0 saturated heterocycles. The third-order valence-electron chi connectivity index (χ3n) is 12.2. The molecule has 6 atom stereocenters. The van der Waals surface area contributed by atoms with Crippen molar-refractivity contribution in [2.45, 2.75) is 138 Å². The van der Waals surface area contributed by atoms with Crippen LogP contribution in [0.3, 0.4) is 0 Å². The van der Waals surface area contributed by atoms with Crippen molar-refractivity contribution in [3.63, 3.8) is 0 Å². The number of nitrogens with two attached hydrogens (primary N) is 1. The molecule has 0 aliphatic carbocycles. The zero-order valence-corrected chi connectivity index (χ0v) is 39.5. The number of nitrogens with zero attached hydrogens (tertiary/aromatic N) is 5. The van der Waals surface area contributed by atoms with Gasteiger partial charge in [-0.1, -0.05) is 89.0 Å². The fourth-order valence-corrected chi connectivity index (χ4v) is 9.23. The van der Waals surface area contributed by atoms with E-state index in [1.807, 2.05) is 80.6 Å². The minimum atomic E-state index is -0.781. The van der Waals surface area contributed by atoms with Crippen molar-refractivity contribution in [2.75, 3.05) is 47.7 Å². The van der Waals surface area contributed by atoms with Crippen LogP contribution in [0, 0.1) is 0 Å². The lowest BCUT2D eigenvalue weighted by Crippen LogP contribution is -2.50. The number of benzene rings is 3. The van der Waals surface area contributed by atoms with Crippen LogP contribution in [0.1, 0.15) is 97.6 Å². The molecule has 3 aromatic rings. The van der Waals surface area contributed by atoms with E-state index in [0.29, 0.717) is 57.8 Å². The Labute approximate surface area is 419 Å². The zero-order chi connectivity index (χ0) is 49.1. The molecule has 3 aromatic carbocycles. The molecule has 2 N–H and O–H groups in total. The Morgan fingerprint density at radius 2 is 1.17 bits per heavy atom. The van der Waals surface area contributed by atoms with Gasteiger partial charge < -0.3 is 29.4 Å². The maximum atomic E-state index is 13.3. The molecule has 0 aromatic heterocycles. The van der Waals surface area contributed by atoms with Gasteiger partial charge in [-0.15, -0.1) is 0 Å². The van der Waals surface area contributed by atoms with Crippen LogP contribution in [0.25, 0.3) is 6.08 Å². The molecule has 5 aliphatic heterocycles. The van der Waals surface area contributed by atoms with Gasteiger partial charge in [0.05, 0.1) is 37.2 Å². The van der Waals surface area contributed by atoms with Gasteiger partial charge in [0.25, 0.3) is 11.8 Å². The Kier molecular flexibility index (Phi) is 22.5. The number of aryl methyl sites for hydroxylation is 1. The van der Waals surface area contributed by atoms with Crippen LogP contribution in [0.5, 0.6) is 0 Å². The lowest BCUT2D eigenvalue weighted by atomic mass is 10.0. The number of esters is 3. The number of amides is 3. The summed E-state index contributed by atoms with van der Waals surface area (Å²) in [6.45, 7) is 17.8. The fourth-order valence-electron chi connectivity index (χ4n) is 9.23. The maximum absolute atomic E-state index is 13.3. The summed E-state index contributed by atoms with van der Waals surface area (Å²) in [6, 6.07) is 15.3. The predicted octanol–water partition coefficient (Wildman–Crippen LogP) is 6.66. The molecule has 3 amide bonds. The molecule has 5 heterocycles. The first-order valence-electron chi connectivity index (χ1n) is 23.3. The first kappa shape index (κ1) is 58.8. The number of para-hydroxylation sites is 3. The summed E-state index contributed by atoms with van der Waals surface area (Å²) in [5.74, 6) is -1.86. The van der Waals surface area contributed by atoms with E-state index in [1.54, 1.807) is 31.7 Å². The lowest BCUT2D eigenvalue weighted by molar-refractivity contribution is -0.149. The Bertz CT molecular complexity index is 2400. The molecule has 0 bridgehead atoms. The Hall–Kier alpha value is -6.56. The topological polar surface area (TPSA) is 209 Å². The maximum Gasteiger partial charge on any atom is 0.329 e. The third-order valence-corrected chi connectivity index (χ3v) is 12.2. The van der Waals surface area contributed by atoms with Crippen molar-refractivity contribution in [1.82, 2.24) is 0 Å². The SMILES string of the molecule is C.C.C.C=NC(CC(OCC)OCC)C(=O)N1c2ccccc2CC1C(=O)OCC.C=NC1C=Cc2cccc3c2N(C1=O)C(C(=O)OCC)C3.CCOC(=O)C1Cc2cccc3c2N1C(=O)C(N)CC3. The monoisotopic (exact) mass is 983 g/mol. The number of hydrogen-bond acceptors (Lipinski definition) is 14. The van der Waals surface area contributed by atoms with E-state index in [0.717, 1.165) is 45.6 Å². The highest BCUT2D eigenvalue weighted by atomic mass is 16.7. The summed E-state index contributed by atoms with van der Waals surface area (Å²) >= 11 is 0. The van der Waals surface area contributed by atoms with Crippen molar-refractivity contribution in [3.8, 4) is 0 Å². The second-order valence-corrected chi connectivity index (χ2v) is 16.4. The van der Waals surface area contributed by atoms with Crippen molar-refractivity contribution < 1.29 is 52.5 Å². The molecule has 5 aliphatic rings. The number of anilines is 3.